The van der Waals surface area contributed by atoms with Gasteiger partial charge in [-0.25, -0.2) is 4.98 Å². The summed E-state index contributed by atoms with van der Waals surface area (Å²) in [5.41, 5.74) is 5.74. The van der Waals surface area contributed by atoms with Gasteiger partial charge in [-0.2, -0.15) is 4.98 Å². The first-order chi connectivity index (χ1) is 9.56. The predicted octanol–water partition coefficient (Wildman–Crippen LogP) is 0.901. The van der Waals surface area contributed by atoms with E-state index in [1.54, 1.807) is 0 Å². The van der Waals surface area contributed by atoms with Gasteiger partial charge >= 0.3 is 0 Å². The monoisotopic (exact) mass is 296 g/mol. The molecule has 0 aromatic carbocycles. The van der Waals surface area contributed by atoms with E-state index in [4.69, 9.17) is 10.3 Å². The molecule has 0 radical (unpaired) electrons. The summed E-state index contributed by atoms with van der Waals surface area (Å²) < 4.78 is 4.84. The van der Waals surface area contributed by atoms with Crippen molar-refractivity contribution in [3.8, 4) is 0 Å². The van der Waals surface area contributed by atoms with Crippen molar-refractivity contribution in [2.24, 2.45) is 0 Å². The smallest absolute Gasteiger partial charge is 0.265 e. The van der Waals surface area contributed by atoms with Crippen LogP contribution in [-0.4, -0.2) is 33.6 Å². The molecule has 20 heavy (non-hydrogen) atoms. The summed E-state index contributed by atoms with van der Waals surface area (Å²) in [6.07, 6.45) is 1.80. The molecule has 0 fully saturated rings. The van der Waals surface area contributed by atoms with Gasteiger partial charge in [0.25, 0.3) is 5.91 Å². The molecule has 0 aliphatic rings. The number of aromatic nitrogens is 3. The van der Waals surface area contributed by atoms with E-state index in [-0.39, 0.29) is 17.8 Å². The van der Waals surface area contributed by atoms with Crippen molar-refractivity contribution in [2.45, 2.75) is 26.3 Å². The Morgan fingerprint density at radius 2 is 2.35 bits per heavy atom. The van der Waals surface area contributed by atoms with E-state index in [9.17, 15) is 4.79 Å². The fourth-order valence-corrected chi connectivity index (χ4v) is 2.42. The maximum absolute atomic E-state index is 12.0. The summed E-state index contributed by atoms with van der Waals surface area (Å²) in [5, 5.41) is 9.98. The molecule has 9 heteroatoms. The molecule has 0 unspecified atom stereocenters. The fraction of sp³-hybridized carbons (Fsp3) is 0.455. The number of carbonyl (C=O) groups excluding carboxylic acids is 1. The van der Waals surface area contributed by atoms with Crippen LogP contribution in [0.3, 0.4) is 0 Å². The van der Waals surface area contributed by atoms with Gasteiger partial charge in [-0.3, -0.25) is 4.79 Å². The number of nitrogens with two attached hydrogens (primary N) is 1. The molecule has 108 valence electrons. The Hall–Kier alpha value is -2.16. The lowest BCUT2D eigenvalue weighted by molar-refractivity contribution is 0.0958. The maximum Gasteiger partial charge on any atom is 0.265 e. The average molecular weight is 296 g/mol. The van der Waals surface area contributed by atoms with Crippen LogP contribution >= 0.6 is 11.3 Å². The number of anilines is 2. The van der Waals surface area contributed by atoms with Crippen molar-refractivity contribution < 1.29 is 9.32 Å². The van der Waals surface area contributed by atoms with Crippen molar-refractivity contribution in [1.82, 2.24) is 20.4 Å². The maximum atomic E-state index is 12.0. The quantitative estimate of drug-likeness (QED) is 0.724. The fourth-order valence-electron chi connectivity index (χ4n) is 1.47. The molecular weight excluding hydrogens is 280 g/mol. The number of thiazole rings is 1. The van der Waals surface area contributed by atoms with E-state index in [2.05, 4.69) is 25.8 Å². The van der Waals surface area contributed by atoms with Gasteiger partial charge < -0.3 is 20.9 Å². The minimum atomic E-state index is -0.253. The molecule has 8 nitrogen and oxygen atoms in total. The van der Waals surface area contributed by atoms with Gasteiger partial charge in [0.15, 0.2) is 11.5 Å². The van der Waals surface area contributed by atoms with Crippen LogP contribution in [0.5, 0.6) is 0 Å². The zero-order valence-electron chi connectivity index (χ0n) is 11.2. The molecule has 0 aliphatic carbocycles. The highest BCUT2D eigenvalue weighted by Gasteiger charge is 2.16. The number of nitrogens with one attached hydrogen (secondary N) is 2. The molecule has 0 saturated heterocycles. The minimum Gasteiger partial charge on any atom is -0.382 e. The van der Waals surface area contributed by atoms with Gasteiger partial charge in [0.2, 0.25) is 5.89 Å². The van der Waals surface area contributed by atoms with Crippen molar-refractivity contribution in [3.63, 3.8) is 0 Å². The minimum absolute atomic E-state index is 0.230. The number of hydrogen-bond acceptors (Lipinski definition) is 8. The van der Waals surface area contributed by atoms with Crippen molar-refractivity contribution in [2.75, 3.05) is 17.6 Å². The second-order valence-corrected chi connectivity index (χ2v) is 5.37. The van der Waals surface area contributed by atoms with E-state index in [1.807, 2.05) is 13.8 Å². The Kier molecular flexibility index (Phi) is 4.51. The van der Waals surface area contributed by atoms with Crippen molar-refractivity contribution in [1.29, 1.82) is 0 Å². The van der Waals surface area contributed by atoms with Gasteiger partial charge in [-0.05, 0) is 13.8 Å². The normalized spacial score (nSPS) is 10.8. The van der Waals surface area contributed by atoms with E-state index < -0.39 is 0 Å². The zero-order valence-corrected chi connectivity index (χ0v) is 12.0. The van der Waals surface area contributed by atoms with Gasteiger partial charge in [0, 0.05) is 19.0 Å². The van der Waals surface area contributed by atoms with E-state index >= 15 is 0 Å². The Morgan fingerprint density at radius 3 is 3.00 bits per heavy atom. The lowest BCUT2D eigenvalue weighted by Gasteiger charge is -2.04. The van der Waals surface area contributed by atoms with Crippen LogP contribution in [-0.2, 0) is 6.42 Å². The first-order valence-corrected chi connectivity index (χ1v) is 6.94. The Balaban J connectivity index is 1.90. The Labute approximate surface area is 119 Å². The summed E-state index contributed by atoms with van der Waals surface area (Å²) in [7, 11) is 0. The number of nitrogen functional groups attached to an aromatic ring is 1. The first kappa shape index (κ1) is 14.3. The van der Waals surface area contributed by atoms with Crippen LogP contribution in [0.15, 0.2) is 10.9 Å². The van der Waals surface area contributed by atoms with E-state index in [0.717, 1.165) is 0 Å². The zero-order chi connectivity index (χ0) is 14.5. The van der Waals surface area contributed by atoms with Crippen molar-refractivity contribution >= 4 is 28.2 Å². The molecule has 0 spiro atoms. The number of nitrogens with zero attached hydrogens (tertiary/aromatic N) is 3. The van der Waals surface area contributed by atoms with Gasteiger partial charge in [-0.1, -0.05) is 16.5 Å². The van der Waals surface area contributed by atoms with Crippen LogP contribution < -0.4 is 16.4 Å². The summed E-state index contributed by atoms with van der Waals surface area (Å²) >= 11 is 1.23. The molecule has 4 N–H and O–H groups in total. The summed E-state index contributed by atoms with van der Waals surface area (Å²) in [4.78, 5) is 20.4. The third-order valence-electron chi connectivity index (χ3n) is 2.30. The summed E-state index contributed by atoms with van der Waals surface area (Å²) in [6.45, 7) is 4.37. The second kappa shape index (κ2) is 6.33. The molecule has 2 aromatic heterocycles. The average Bonchev–Trinajstić information content (AvgIpc) is 2.98. The van der Waals surface area contributed by atoms with Gasteiger partial charge in [-0.15, -0.1) is 0 Å². The summed E-state index contributed by atoms with van der Waals surface area (Å²) in [6, 6.07) is 0.231. The number of hydrogen-bond donors (Lipinski definition) is 3. The Bertz CT molecular complexity index is 565. The molecule has 2 heterocycles. The van der Waals surface area contributed by atoms with E-state index in [0.29, 0.717) is 28.9 Å². The lowest BCUT2D eigenvalue weighted by atomic mass is 10.4. The van der Waals surface area contributed by atoms with Crippen LogP contribution in [0.2, 0.25) is 0 Å². The highest BCUT2D eigenvalue weighted by molar-refractivity contribution is 7.18. The van der Waals surface area contributed by atoms with Crippen LogP contribution in [0.25, 0.3) is 0 Å². The standard InChI is InChI=1S/C11H16N6O2S/c1-6(2)16-11-17-9(12)8(20-11)10(18)13-4-3-7-14-5-15-19-7/h5-6H,3-4,12H2,1-2H3,(H,13,18)(H,16,17). The molecule has 0 aliphatic heterocycles. The largest absolute Gasteiger partial charge is 0.382 e. The van der Waals surface area contributed by atoms with Crippen LogP contribution in [0.4, 0.5) is 10.9 Å². The Morgan fingerprint density at radius 1 is 1.55 bits per heavy atom. The molecule has 0 bridgehead atoms. The molecular formula is C11H16N6O2S. The van der Waals surface area contributed by atoms with Crippen LogP contribution in [0.1, 0.15) is 29.4 Å². The number of rotatable bonds is 6. The molecule has 0 saturated carbocycles. The van der Waals surface area contributed by atoms with Gasteiger partial charge in [0.05, 0.1) is 0 Å². The topological polar surface area (TPSA) is 119 Å². The highest BCUT2D eigenvalue weighted by Crippen LogP contribution is 2.25. The molecule has 2 aromatic rings. The van der Waals surface area contributed by atoms with Crippen molar-refractivity contribution in [3.05, 3.63) is 17.1 Å². The second-order valence-electron chi connectivity index (χ2n) is 4.37. The number of amides is 1. The SMILES string of the molecule is CC(C)Nc1nc(N)c(C(=O)NCCc2ncno2)s1. The first-order valence-electron chi connectivity index (χ1n) is 6.13. The number of carbonyl (C=O) groups is 1. The molecule has 1 amide bonds. The predicted molar refractivity (Wildman–Crippen MR) is 75.6 cm³/mol. The van der Waals surface area contributed by atoms with E-state index in [1.165, 1.54) is 17.7 Å². The van der Waals surface area contributed by atoms with Gasteiger partial charge in [0.1, 0.15) is 10.7 Å². The molecule has 0 atom stereocenters. The molecule has 2 rings (SSSR count). The highest BCUT2D eigenvalue weighted by atomic mass is 32.1. The van der Waals surface area contributed by atoms with Crippen LogP contribution in [0, 0.1) is 0 Å². The third-order valence-corrected chi connectivity index (χ3v) is 3.30. The summed E-state index contributed by atoms with van der Waals surface area (Å²) in [5.74, 6) is 0.453. The third kappa shape index (κ3) is 3.67. The lowest BCUT2D eigenvalue weighted by Crippen LogP contribution is -2.25.